The molecule has 0 unspecified atom stereocenters. The van der Waals surface area contributed by atoms with Crippen LogP contribution in [0.3, 0.4) is 0 Å². The number of ether oxygens (including phenoxy) is 5. The zero-order valence-corrected chi connectivity index (χ0v) is 42.3. The highest BCUT2D eigenvalue weighted by molar-refractivity contribution is 6.28. The van der Waals surface area contributed by atoms with Crippen molar-refractivity contribution in [3.8, 4) is 11.5 Å². The van der Waals surface area contributed by atoms with E-state index in [2.05, 4.69) is 9.97 Å². The first kappa shape index (κ1) is 53.6. The van der Waals surface area contributed by atoms with Gasteiger partial charge in [0.05, 0.1) is 63.8 Å². The van der Waals surface area contributed by atoms with Gasteiger partial charge in [-0.2, -0.15) is 0 Å². The highest BCUT2D eigenvalue weighted by Crippen LogP contribution is 2.47. The van der Waals surface area contributed by atoms with Crippen LogP contribution in [-0.4, -0.2) is 101 Å². The van der Waals surface area contributed by atoms with E-state index in [0.29, 0.717) is 11.1 Å². The number of pyridine rings is 2. The van der Waals surface area contributed by atoms with Gasteiger partial charge in [-0.05, 0) is 58.7 Å². The Morgan fingerprint density at radius 1 is 0.481 bits per heavy atom. The summed E-state index contributed by atoms with van der Waals surface area (Å²) in [5, 5.41) is 11.2. The number of halogens is 2. The summed E-state index contributed by atoms with van der Waals surface area (Å²) < 4.78 is 53.1. The number of methoxy groups -OCH3 is 4. The number of carbonyl (C=O) groups is 8. The van der Waals surface area contributed by atoms with Crippen LogP contribution in [0.2, 0.25) is 0 Å². The Kier molecular flexibility index (Phi) is 15.3. The SMILES string of the molecule is COC(=O)C(C(=O)OC)c1c2c(c(O)c3ncccc13)C(=O)N(Cc1ccc(F)cc1)C2=O.COC(=O)C(C(=O)OC)c1c2c(c(OC(c3ccccc3)c3ccccc3)c3ncccc13)C(=O)N(Cc1ccc(F)cc1)C2=O. The van der Waals surface area contributed by atoms with E-state index < -0.39 is 82.8 Å². The fraction of sp³-hybridized carbons (Fsp3) is 0.153. The topological polar surface area (TPSA) is 235 Å². The van der Waals surface area contributed by atoms with Gasteiger partial charge in [0.1, 0.15) is 28.8 Å². The number of nitrogens with zero attached hydrogens (tertiary/aromatic N) is 4. The molecule has 4 heterocycles. The first-order chi connectivity index (χ1) is 38.1. The van der Waals surface area contributed by atoms with E-state index >= 15 is 0 Å². The van der Waals surface area contributed by atoms with Crippen LogP contribution in [0.4, 0.5) is 8.78 Å². The van der Waals surface area contributed by atoms with Crippen LogP contribution in [0, 0.1) is 11.6 Å². The third kappa shape index (κ3) is 9.93. The van der Waals surface area contributed by atoms with E-state index in [1.165, 1.54) is 73.1 Å². The van der Waals surface area contributed by atoms with Gasteiger partial charge in [0, 0.05) is 34.3 Å². The van der Waals surface area contributed by atoms with Gasteiger partial charge in [0.15, 0.2) is 23.3 Å². The molecule has 10 rings (SSSR count). The van der Waals surface area contributed by atoms with Gasteiger partial charge in [-0.15, -0.1) is 0 Å². The van der Waals surface area contributed by atoms with E-state index in [1.807, 2.05) is 60.7 Å². The summed E-state index contributed by atoms with van der Waals surface area (Å²) in [7, 11) is 4.34. The minimum atomic E-state index is -1.72. The smallest absolute Gasteiger partial charge is 0.324 e. The number of hydrogen-bond acceptors (Lipinski definition) is 16. The fourth-order valence-corrected chi connectivity index (χ4v) is 9.59. The van der Waals surface area contributed by atoms with Crippen LogP contribution < -0.4 is 4.74 Å². The molecule has 2 aliphatic heterocycles. The lowest BCUT2D eigenvalue weighted by atomic mass is 9.87. The number of phenols is 1. The van der Waals surface area contributed by atoms with Crippen LogP contribution >= 0.6 is 0 Å². The molecule has 0 bridgehead atoms. The van der Waals surface area contributed by atoms with Crippen LogP contribution in [-0.2, 0) is 51.2 Å². The summed E-state index contributed by atoms with van der Waals surface area (Å²) >= 11 is 0. The lowest BCUT2D eigenvalue weighted by Gasteiger charge is -2.24. The van der Waals surface area contributed by atoms with Crippen molar-refractivity contribution in [2.45, 2.75) is 31.0 Å². The number of benzene rings is 6. The average molecular weight is 1070 g/mol. The van der Waals surface area contributed by atoms with Crippen LogP contribution in [0.5, 0.6) is 11.5 Å². The third-order valence-electron chi connectivity index (χ3n) is 13.2. The Hall–Kier alpha value is -10.2. The number of fused-ring (bicyclic) bond motifs is 4. The maximum Gasteiger partial charge on any atom is 0.324 e. The third-order valence-corrected chi connectivity index (χ3v) is 13.2. The number of phenolic OH excluding ortho intramolecular Hbond substituents is 1. The Bertz CT molecular complexity index is 3700. The molecular formula is C59H44F2N4O14. The van der Waals surface area contributed by atoms with E-state index in [-0.39, 0.29) is 74.0 Å². The van der Waals surface area contributed by atoms with Crippen molar-refractivity contribution in [2.75, 3.05) is 28.4 Å². The van der Waals surface area contributed by atoms with Crippen LogP contribution in [0.15, 0.2) is 146 Å². The Morgan fingerprint density at radius 3 is 1.27 bits per heavy atom. The number of amides is 4. The molecule has 8 aromatic rings. The predicted octanol–water partition coefficient (Wildman–Crippen LogP) is 8.07. The van der Waals surface area contributed by atoms with Crippen LogP contribution in [0.1, 0.15) is 92.8 Å². The first-order valence-corrected chi connectivity index (χ1v) is 24.0. The molecule has 2 aliphatic rings. The average Bonchev–Trinajstić information content (AvgIpc) is 4.14. The molecule has 2 aromatic heterocycles. The van der Waals surface area contributed by atoms with Crippen molar-refractivity contribution in [1.29, 1.82) is 0 Å². The summed E-state index contributed by atoms with van der Waals surface area (Å²) in [4.78, 5) is 117. The molecule has 398 valence electrons. The molecule has 18 nitrogen and oxygen atoms in total. The van der Waals surface area contributed by atoms with Gasteiger partial charge in [0.2, 0.25) is 0 Å². The summed E-state index contributed by atoms with van der Waals surface area (Å²) in [5.41, 5.74) is 1.22. The monoisotopic (exact) mass is 1070 g/mol. The van der Waals surface area contributed by atoms with Crippen molar-refractivity contribution >= 4 is 69.3 Å². The summed E-state index contributed by atoms with van der Waals surface area (Å²) in [6, 6.07) is 35.3. The van der Waals surface area contributed by atoms with Crippen molar-refractivity contribution in [1.82, 2.24) is 19.8 Å². The normalized spacial score (nSPS) is 12.7. The summed E-state index contributed by atoms with van der Waals surface area (Å²) in [5.74, 6) is -12.2. The lowest BCUT2D eigenvalue weighted by Crippen LogP contribution is -2.30. The van der Waals surface area contributed by atoms with Gasteiger partial charge in [-0.3, -0.25) is 58.1 Å². The Labute approximate surface area is 447 Å². The molecule has 0 aliphatic carbocycles. The van der Waals surface area contributed by atoms with Gasteiger partial charge < -0.3 is 28.8 Å². The van der Waals surface area contributed by atoms with Gasteiger partial charge in [-0.25, -0.2) is 8.78 Å². The number of imide groups is 2. The molecule has 1 N–H and O–H groups in total. The van der Waals surface area contributed by atoms with Crippen LogP contribution in [0.25, 0.3) is 21.8 Å². The van der Waals surface area contributed by atoms with E-state index in [4.69, 9.17) is 23.7 Å². The maximum atomic E-state index is 14.3. The molecule has 4 amide bonds. The molecule has 0 radical (unpaired) electrons. The zero-order valence-electron chi connectivity index (χ0n) is 42.3. The molecule has 79 heavy (non-hydrogen) atoms. The molecule has 0 atom stereocenters. The molecule has 0 fully saturated rings. The van der Waals surface area contributed by atoms with Crippen molar-refractivity contribution in [2.24, 2.45) is 0 Å². The maximum absolute atomic E-state index is 14.3. The number of rotatable bonds is 14. The second kappa shape index (κ2) is 22.5. The van der Waals surface area contributed by atoms with E-state index in [9.17, 15) is 52.2 Å². The molecular weight excluding hydrogens is 1030 g/mol. The predicted molar refractivity (Wildman–Crippen MR) is 275 cm³/mol. The summed E-state index contributed by atoms with van der Waals surface area (Å²) in [6.45, 7) is -0.437. The van der Waals surface area contributed by atoms with Crippen molar-refractivity contribution in [3.63, 3.8) is 0 Å². The largest absolute Gasteiger partial charge is 0.505 e. The Morgan fingerprint density at radius 2 is 0.848 bits per heavy atom. The van der Waals surface area contributed by atoms with Crippen molar-refractivity contribution < 1.29 is 75.9 Å². The Balaban J connectivity index is 0.000000203. The van der Waals surface area contributed by atoms with Gasteiger partial charge in [0.25, 0.3) is 23.6 Å². The number of hydrogen-bond donors (Lipinski definition) is 1. The standard InChI is InChI=1S/C36H27FN2O7.C23H17FN2O7/c1-44-35(42)29(36(43)45-2)26-25-14-9-19-38-30(25)32(46-31(22-10-5-3-6-11-22)23-12-7-4-8-13-23)28-27(26)33(40)39(34(28)41)20-21-15-17-24(37)18-16-21;1-32-22(30)17(23(31)33-2)14-13-4-3-9-25-18(13)19(27)16-15(14)20(28)26(21(16)29)10-11-5-7-12(24)8-6-11/h3-19,29,31H,20H2,1-2H3;3-9,17,27H,10H2,1-2H3. The number of carbonyl (C=O) groups excluding carboxylic acids is 8. The molecule has 0 spiro atoms. The molecule has 6 aromatic carbocycles. The second-order valence-corrected chi connectivity index (χ2v) is 17.7. The second-order valence-electron chi connectivity index (χ2n) is 17.7. The number of aromatic hydroxyl groups is 1. The minimum absolute atomic E-state index is 0.000457. The lowest BCUT2D eigenvalue weighted by molar-refractivity contribution is -0.155. The number of esters is 4. The summed E-state index contributed by atoms with van der Waals surface area (Å²) in [6.07, 6.45) is 2.09. The highest BCUT2D eigenvalue weighted by Gasteiger charge is 2.49. The number of aromatic nitrogens is 2. The highest BCUT2D eigenvalue weighted by atomic mass is 19.1. The van der Waals surface area contributed by atoms with E-state index in [1.54, 1.807) is 12.1 Å². The molecule has 0 saturated heterocycles. The zero-order chi connectivity index (χ0) is 56.2. The first-order valence-electron chi connectivity index (χ1n) is 24.0. The van der Waals surface area contributed by atoms with Gasteiger partial charge in [-0.1, -0.05) is 97.1 Å². The van der Waals surface area contributed by atoms with Gasteiger partial charge >= 0.3 is 23.9 Å². The fourth-order valence-electron chi connectivity index (χ4n) is 9.59. The molecule has 20 heteroatoms. The molecule has 0 saturated carbocycles. The quantitative estimate of drug-likeness (QED) is 0.0469. The van der Waals surface area contributed by atoms with Crippen molar-refractivity contribution in [3.05, 3.63) is 213 Å². The minimum Gasteiger partial charge on any atom is -0.505 e. The van der Waals surface area contributed by atoms with E-state index in [0.717, 1.165) is 49.4 Å².